The molecule has 0 spiro atoms. The molecule has 0 fully saturated rings. The molecular formula is C24H19F3N4O3. The van der Waals surface area contributed by atoms with Crippen LogP contribution in [0.5, 0.6) is 5.75 Å². The third kappa shape index (κ3) is 6.12. The highest BCUT2D eigenvalue weighted by Crippen LogP contribution is 2.29. The molecule has 1 aromatic heterocycles. The van der Waals surface area contributed by atoms with Crippen molar-refractivity contribution in [3.8, 4) is 17.2 Å². The predicted molar refractivity (Wildman–Crippen MR) is 119 cm³/mol. The Balaban J connectivity index is 1.27. The van der Waals surface area contributed by atoms with E-state index in [0.29, 0.717) is 23.6 Å². The second kappa shape index (κ2) is 10.1. The first kappa shape index (κ1) is 22.8. The number of aromatic nitrogens is 2. The number of carbonyl (C=O) groups is 1. The fourth-order valence-corrected chi connectivity index (χ4v) is 2.95. The molecule has 0 atom stereocenters. The van der Waals surface area contributed by atoms with Gasteiger partial charge in [0.2, 0.25) is 11.8 Å². The Kier molecular flexibility index (Phi) is 6.77. The highest BCUT2D eigenvalue weighted by molar-refractivity contribution is 5.91. The van der Waals surface area contributed by atoms with Gasteiger partial charge in [-0.25, -0.2) is 0 Å². The molecule has 0 unspecified atom stereocenters. The standard InChI is InChI=1S/C24H19F3N4O3/c25-24(26,27)18-8-10-19(11-9-18)28-14-21(32)29-23-31-30-22(34-23)17-6-12-20(13-7-17)33-15-16-4-2-1-3-5-16/h1-13,28H,14-15H2,(H,29,31,32). The maximum Gasteiger partial charge on any atom is 0.416 e. The molecule has 0 bridgehead atoms. The van der Waals surface area contributed by atoms with Crippen LogP contribution in [0.4, 0.5) is 24.9 Å². The summed E-state index contributed by atoms with van der Waals surface area (Å²) in [5.74, 6) is 0.385. The summed E-state index contributed by atoms with van der Waals surface area (Å²) in [6, 6.07) is 21.1. The van der Waals surface area contributed by atoms with E-state index in [4.69, 9.17) is 9.15 Å². The zero-order chi connectivity index (χ0) is 24.0. The number of hydrogen-bond acceptors (Lipinski definition) is 6. The lowest BCUT2D eigenvalue weighted by atomic mass is 10.2. The van der Waals surface area contributed by atoms with Gasteiger partial charge in [-0.05, 0) is 54.1 Å². The molecule has 0 saturated heterocycles. The van der Waals surface area contributed by atoms with Crippen molar-refractivity contribution >= 4 is 17.6 Å². The number of alkyl halides is 3. The second-order valence-corrected chi connectivity index (χ2v) is 7.19. The maximum absolute atomic E-state index is 12.6. The van der Waals surface area contributed by atoms with Crippen molar-refractivity contribution in [2.45, 2.75) is 12.8 Å². The summed E-state index contributed by atoms with van der Waals surface area (Å²) in [6.07, 6.45) is -4.42. The zero-order valence-electron chi connectivity index (χ0n) is 17.7. The number of benzene rings is 3. The molecule has 4 aromatic rings. The summed E-state index contributed by atoms with van der Waals surface area (Å²) in [5.41, 5.74) is 1.29. The fraction of sp³-hybridized carbons (Fsp3) is 0.125. The molecule has 10 heteroatoms. The molecule has 174 valence electrons. The molecule has 0 saturated carbocycles. The van der Waals surface area contributed by atoms with Crippen molar-refractivity contribution < 1.29 is 27.1 Å². The molecule has 3 aromatic carbocycles. The average molecular weight is 468 g/mol. The lowest BCUT2D eigenvalue weighted by molar-refractivity contribution is -0.137. The average Bonchev–Trinajstić information content (AvgIpc) is 3.30. The normalized spacial score (nSPS) is 11.1. The summed E-state index contributed by atoms with van der Waals surface area (Å²) in [5, 5.41) is 12.9. The van der Waals surface area contributed by atoms with E-state index in [-0.39, 0.29) is 18.5 Å². The quantitative estimate of drug-likeness (QED) is 0.361. The summed E-state index contributed by atoms with van der Waals surface area (Å²) in [7, 11) is 0. The second-order valence-electron chi connectivity index (χ2n) is 7.19. The van der Waals surface area contributed by atoms with Gasteiger partial charge in [0.1, 0.15) is 12.4 Å². The van der Waals surface area contributed by atoms with Crippen LogP contribution in [-0.4, -0.2) is 22.6 Å². The molecule has 2 N–H and O–H groups in total. The SMILES string of the molecule is O=C(CNc1ccc(C(F)(F)F)cc1)Nc1nnc(-c2ccc(OCc3ccccc3)cc2)o1. The molecule has 7 nitrogen and oxygen atoms in total. The predicted octanol–water partition coefficient (Wildman–Crippen LogP) is 5.39. The number of rotatable bonds is 8. The van der Waals surface area contributed by atoms with Gasteiger partial charge in [0.05, 0.1) is 12.1 Å². The van der Waals surface area contributed by atoms with Gasteiger partial charge in [0, 0.05) is 11.3 Å². The first-order chi connectivity index (χ1) is 16.4. The van der Waals surface area contributed by atoms with Gasteiger partial charge in [0.25, 0.3) is 0 Å². The van der Waals surface area contributed by atoms with Crippen LogP contribution in [0.1, 0.15) is 11.1 Å². The Morgan fingerprint density at radius 3 is 2.29 bits per heavy atom. The molecule has 0 aliphatic rings. The molecular weight excluding hydrogens is 449 g/mol. The summed E-state index contributed by atoms with van der Waals surface area (Å²) in [4.78, 5) is 12.1. The van der Waals surface area contributed by atoms with E-state index >= 15 is 0 Å². The summed E-state index contributed by atoms with van der Waals surface area (Å²) in [6.45, 7) is 0.244. The Hall–Kier alpha value is -4.34. The molecule has 0 radical (unpaired) electrons. The monoisotopic (exact) mass is 468 g/mol. The van der Waals surface area contributed by atoms with Crippen molar-refractivity contribution in [1.29, 1.82) is 0 Å². The number of halogens is 3. The lowest BCUT2D eigenvalue weighted by Gasteiger charge is -2.09. The highest BCUT2D eigenvalue weighted by Gasteiger charge is 2.29. The Morgan fingerprint density at radius 1 is 0.912 bits per heavy atom. The van der Waals surface area contributed by atoms with Crippen LogP contribution in [0.15, 0.2) is 83.3 Å². The number of nitrogens with zero attached hydrogens (tertiary/aromatic N) is 2. The van der Waals surface area contributed by atoms with E-state index in [1.165, 1.54) is 12.1 Å². The topological polar surface area (TPSA) is 89.3 Å². The van der Waals surface area contributed by atoms with Gasteiger partial charge in [-0.1, -0.05) is 35.4 Å². The van der Waals surface area contributed by atoms with Crippen LogP contribution in [0, 0.1) is 0 Å². The number of ether oxygens (including phenoxy) is 1. The van der Waals surface area contributed by atoms with Crippen LogP contribution in [0.3, 0.4) is 0 Å². The number of carbonyl (C=O) groups excluding carboxylic acids is 1. The highest BCUT2D eigenvalue weighted by atomic mass is 19.4. The van der Waals surface area contributed by atoms with Crippen LogP contribution in [-0.2, 0) is 17.6 Å². The molecule has 1 amide bonds. The van der Waals surface area contributed by atoms with E-state index in [1.807, 2.05) is 30.3 Å². The van der Waals surface area contributed by atoms with E-state index < -0.39 is 17.6 Å². The van der Waals surface area contributed by atoms with Crippen LogP contribution < -0.4 is 15.4 Å². The number of hydrogen-bond donors (Lipinski definition) is 2. The summed E-state index contributed by atoms with van der Waals surface area (Å²) >= 11 is 0. The van der Waals surface area contributed by atoms with Crippen LogP contribution in [0.25, 0.3) is 11.5 Å². The number of anilines is 2. The number of nitrogens with one attached hydrogen (secondary N) is 2. The first-order valence-electron chi connectivity index (χ1n) is 10.2. The van der Waals surface area contributed by atoms with Crippen molar-refractivity contribution in [1.82, 2.24) is 10.2 Å². The van der Waals surface area contributed by atoms with Crippen LogP contribution >= 0.6 is 0 Å². The van der Waals surface area contributed by atoms with Crippen LogP contribution in [0.2, 0.25) is 0 Å². The van der Waals surface area contributed by atoms with Crippen molar-refractivity contribution in [3.63, 3.8) is 0 Å². The van der Waals surface area contributed by atoms with Gasteiger partial charge in [-0.3, -0.25) is 10.1 Å². The van der Waals surface area contributed by atoms with Gasteiger partial charge < -0.3 is 14.5 Å². The molecule has 34 heavy (non-hydrogen) atoms. The minimum Gasteiger partial charge on any atom is -0.489 e. The molecule has 0 aliphatic heterocycles. The minimum atomic E-state index is -4.42. The minimum absolute atomic E-state index is 0.0985. The van der Waals surface area contributed by atoms with Crippen molar-refractivity contribution in [2.75, 3.05) is 17.2 Å². The lowest BCUT2D eigenvalue weighted by Crippen LogP contribution is -2.22. The van der Waals surface area contributed by atoms with Gasteiger partial charge in [0.15, 0.2) is 0 Å². The first-order valence-corrected chi connectivity index (χ1v) is 10.2. The molecule has 1 heterocycles. The summed E-state index contributed by atoms with van der Waals surface area (Å²) < 4.78 is 49.0. The zero-order valence-corrected chi connectivity index (χ0v) is 17.7. The van der Waals surface area contributed by atoms with E-state index in [1.54, 1.807) is 24.3 Å². The van der Waals surface area contributed by atoms with Gasteiger partial charge >= 0.3 is 12.2 Å². The van der Waals surface area contributed by atoms with Gasteiger partial charge in [-0.15, -0.1) is 5.10 Å². The largest absolute Gasteiger partial charge is 0.489 e. The van der Waals surface area contributed by atoms with E-state index in [9.17, 15) is 18.0 Å². The van der Waals surface area contributed by atoms with E-state index in [0.717, 1.165) is 17.7 Å². The van der Waals surface area contributed by atoms with Crippen molar-refractivity contribution in [3.05, 3.63) is 90.0 Å². The molecule has 0 aliphatic carbocycles. The Bertz CT molecular complexity index is 1230. The Morgan fingerprint density at radius 2 is 1.62 bits per heavy atom. The maximum atomic E-state index is 12.6. The number of amides is 1. The molecule has 4 rings (SSSR count). The fourth-order valence-electron chi connectivity index (χ4n) is 2.95. The van der Waals surface area contributed by atoms with Crippen molar-refractivity contribution in [2.24, 2.45) is 0 Å². The third-order valence-electron chi connectivity index (χ3n) is 4.69. The van der Waals surface area contributed by atoms with E-state index in [2.05, 4.69) is 20.8 Å². The third-order valence-corrected chi connectivity index (χ3v) is 4.69. The Labute approximate surface area is 192 Å². The smallest absolute Gasteiger partial charge is 0.416 e. The van der Waals surface area contributed by atoms with Gasteiger partial charge in [-0.2, -0.15) is 13.2 Å².